The van der Waals surface area contributed by atoms with Gasteiger partial charge in [-0.2, -0.15) is 0 Å². The van der Waals surface area contributed by atoms with Crippen LogP contribution in [-0.4, -0.2) is 37.5 Å². The molecule has 174 valence electrons. The van der Waals surface area contributed by atoms with Crippen molar-refractivity contribution in [1.82, 2.24) is 25.1 Å². The molecular formula is C23H28N6O4. The minimum atomic E-state index is -0.874. The molecule has 0 aliphatic rings. The van der Waals surface area contributed by atoms with Gasteiger partial charge in [-0.3, -0.25) is 19.0 Å². The van der Waals surface area contributed by atoms with E-state index in [9.17, 15) is 14.4 Å². The number of aromatic nitrogens is 4. The topological polar surface area (TPSA) is 146 Å². The van der Waals surface area contributed by atoms with Gasteiger partial charge < -0.3 is 15.5 Å². The number of nitrogen functional groups attached to an aromatic ring is 1. The van der Waals surface area contributed by atoms with E-state index in [0.29, 0.717) is 30.1 Å². The molecule has 2 heterocycles. The second kappa shape index (κ2) is 9.76. The Bertz CT molecular complexity index is 1190. The Labute approximate surface area is 191 Å². The number of nitrogens with one attached hydrogen (secondary N) is 1. The highest BCUT2D eigenvalue weighted by molar-refractivity contribution is 5.98. The zero-order chi connectivity index (χ0) is 24.2. The highest BCUT2D eigenvalue weighted by atomic mass is 16.4. The molecule has 2 aromatic heterocycles. The first-order chi connectivity index (χ1) is 15.6. The van der Waals surface area contributed by atoms with Crippen LogP contribution in [0.4, 0.5) is 5.69 Å². The number of hydrogen-bond acceptors (Lipinski definition) is 8. The molecule has 10 nitrogen and oxygen atoms in total. The lowest BCUT2D eigenvalue weighted by Gasteiger charge is -2.17. The highest BCUT2D eigenvalue weighted by Crippen LogP contribution is 2.21. The van der Waals surface area contributed by atoms with Gasteiger partial charge in [-0.25, -0.2) is 4.98 Å². The Morgan fingerprint density at radius 3 is 2.48 bits per heavy atom. The molecular weight excluding hydrogens is 424 g/mol. The predicted molar refractivity (Wildman–Crippen MR) is 123 cm³/mol. The number of benzene rings is 1. The van der Waals surface area contributed by atoms with Crippen LogP contribution in [0, 0.1) is 0 Å². The average molecular weight is 453 g/mol. The van der Waals surface area contributed by atoms with Crippen LogP contribution >= 0.6 is 0 Å². The molecule has 3 N–H and O–H groups in total. The van der Waals surface area contributed by atoms with Crippen molar-refractivity contribution in [1.29, 1.82) is 0 Å². The summed E-state index contributed by atoms with van der Waals surface area (Å²) in [6.45, 7) is 7.21. The van der Waals surface area contributed by atoms with E-state index in [4.69, 9.17) is 10.2 Å². The fraction of sp³-hybridized carbons (Fsp3) is 0.391. The first kappa shape index (κ1) is 23.8. The number of nitrogens with two attached hydrogens (primary N) is 1. The van der Waals surface area contributed by atoms with Crippen LogP contribution in [0.15, 0.2) is 45.7 Å². The van der Waals surface area contributed by atoms with Gasteiger partial charge in [0.2, 0.25) is 17.6 Å². The lowest BCUT2D eigenvalue weighted by atomic mass is 9.97. The van der Waals surface area contributed by atoms with Gasteiger partial charge in [-0.1, -0.05) is 64.4 Å². The van der Waals surface area contributed by atoms with Crippen LogP contribution in [-0.2, 0) is 16.8 Å². The number of ketones is 1. The summed E-state index contributed by atoms with van der Waals surface area (Å²) in [5.74, 6) is -0.544. The van der Waals surface area contributed by atoms with Crippen molar-refractivity contribution in [3.05, 3.63) is 58.7 Å². The maximum absolute atomic E-state index is 13.0. The molecule has 0 spiro atoms. The fourth-order valence-corrected chi connectivity index (χ4v) is 3.19. The second-order valence-corrected chi connectivity index (χ2v) is 8.73. The van der Waals surface area contributed by atoms with Crippen molar-refractivity contribution in [2.75, 3.05) is 5.73 Å². The summed E-state index contributed by atoms with van der Waals surface area (Å²) in [7, 11) is 0. The molecule has 0 saturated heterocycles. The van der Waals surface area contributed by atoms with E-state index >= 15 is 0 Å². The third-order valence-electron chi connectivity index (χ3n) is 4.91. The summed E-state index contributed by atoms with van der Waals surface area (Å²) in [5.41, 5.74) is 5.37. The average Bonchev–Trinajstić information content (AvgIpc) is 3.28. The molecule has 0 saturated carbocycles. The van der Waals surface area contributed by atoms with Gasteiger partial charge >= 0.3 is 0 Å². The lowest BCUT2D eigenvalue weighted by Crippen LogP contribution is -2.44. The van der Waals surface area contributed by atoms with Gasteiger partial charge in [-0.05, 0) is 6.42 Å². The van der Waals surface area contributed by atoms with E-state index < -0.39 is 28.7 Å². The Morgan fingerprint density at radius 1 is 1.18 bits per heavy atom. The quantitative estimate of drug-likeness (QED) is 0.495. The fourth-order valence-electron chi connectivity index (χ4n) is 3.19. The van der Waals surface area contributed by atoms with E-state index in [0.717, 1.165) is 0 Å². The van der Waals surface area contributed by atoms with Crippen molar-refractivity contribution < 1.29 is 14.0 Å². The molecule has 3 rings (SSSR count). The molecule has 1 atom stereocenters. The minimum absolute atomic E-state index is 0.0794. The summed E-state index contributed by atoms with van der Waals surface area (Å²) in [5, 5.41) is 10.5. The first-order valence-corrected chi connectivity index (χ1v) is 10.7. The molecule has 0 radical (unpaired) electrons. The van der Waals surface area contributed by atoms with Crippen molar-refractivity contribution in [3.63, 3.8) is 0 Å². The van der Waals surface area contributed by atoms with Crippen LogP contribution in [0.1, 0.15) is 57.1 Å². The van der Waals surface area contributed by atoms with E-state index in [1.807, 2.05) is 33.8 Å². The molecule has 0 fully saturated rings. The number of amides is 1. The summed E-state index contributed by atoms with van der Waals surface area (Å²) in [6, 6.07) is 8.11. The van der Waals surface area contributed by atoms with Crippen molar-refractivity contribution in [3.8, 4) is 11.4 Å². The van der Waals surface area contributed by atoms with E-state index in [1.54, 1.807) is 24.3 Å². The normalized spacial score (nSPS) is 12.4. The number of Topliss-reactive ketones (excluding diaryl/α,β-unsaturated/α-hetero) is 1. The van der Waals surface area contributed by atoms with Crippen LogP contribution in [0.5, 0.6) is 0 Å². The summed E-state index contributed by atoms with van der Waals surface area (Å²) >= 11 is 0. The molecule has 0 aliphatic carbocycles. The largest absolute Gasteiger partial charge is 0.418 e. The van der Waals surface area contributed by atoms with Crippen LogP contribution in [0.25, 0.3) is 11.4 Å². The van der Waals surface area contributed by atoms with Gasteiger partial charge in [-0.15, -0.1) is 10.2 Å². The molecule has 10 heteroatoms. The van der Waals surface area contributed by atoms with Crippen LogP contribution in [0.3, 0.4) is 0 Å². The van der Waals surface area contributed by atoms with Crippen molar-refractivity contribution in [2.45, 2.75) is 58.5 Å². The van der Waals surface area contributed by atoms with Gasteiger partial charge in [0.15, 0.2) is 0 Å². The molecule has 1 aromatic carbocycles. The molecule has 1 unspecified atom stereocenters. The van der Waals surface area contributed by atoms with E-state index in [2.05, 4.69) is 20.5 Å². The third kappa shape index (κ3) is 5.51. The van der Waals surface area contributed by atoms with Crippen LogP contribution < -0.4 is 16.6 Å². The number of carbonyl (C=O) groups excluding carboxylic acids is 2. The zero-order valence-electron chi connectivity index (χ0n) is 19.2. The molecule has 0 bridgehead atoms. The van der Waals surface area contributed by atoms with Gasteiger partial charge in [0.1, 0.15) is 18.1 Å². The zero-order valence-corrected chi connectivity index (χ0v) is 19.2. The van der Waals surface area contributed by atoms with Gasteiger partial charge in [0, 0.05) is 11.0 Å². The Kier molecular flexibility index (Phi) is 7.05. The smallest absolute Gasteiger partial charge is 0.286 e. The molecule has 3 aromatic rings. The number of carbonyl (C=O) groups is 2. The third-order valence-corrected chi connectivity index (χ3v) is 4.91. The summed E-state index contributed by atoms with van der Waals surface area (Å²) < 4.78 is 6.74. The van der Waals surface area contributed by atoms with Gasteiger partial charge in [0.25, 0.3) is 11.4 Å². The van der Waals surface area contributed by atoms with Crippen molar-refractivity contribution >= 4 is 17.4 Å². The summed E-state index contributed by atoms with van der Waals surface area (Å²) in [6.07, 6.45) is 2.27. The minimum Gasteiger partial charge on any atom is -0.418 e. The molecule has 0 aliphatic heterocycles. The first-order valence-electron chi connectivity index (χ1n) is 10.7. The molecule has 1 amide bonds. The Hall–Kier alpha value is -3.82. The number of rotatable bonds is 8. The maximum atomic E-state index is 13.0. The second-order valence-electron chi connectivity index (χ2n) is 8.73. The Morgan fingerprint density at radius 2 is 1.88 bits per heavy atom. The summed E-state index contributed by atoms with van der Waals surface area (Å²) in [4.78, 5) is 42.8. The molecule has 33 heavy (non-hydrogen) atoms. The standard InChI is InChI=1S/C23H28N6O4/c1-5-9-16(18(31)20-27-28-22(33-20)23(2,3)4)26-17(30)13-29-19(14-10-7-6-8-11-14)25-12-15(24)21(29)32/h6-8,10-12,16H,5,9,13,24H2,1-4H3,(H,26,30). The van der Waals surface area contributed by atoms with Crippen LogP contribution in [0.2, 0.25) is 0 Å². The number of hydrogen-bond donors (Lipinski definition) is 2. The van der Waals surface area contributed by atoms with Gasteiger partial charge in [0.05, 0.1) is 12.2 Å². The lowest BCUT2D eigenvalue weighted by molar-refractivity contribution is -0.122. The van der Waals surface area contributed by atoms with Crippen molar-refractivity contribution in [2.24, 2.45) is 0 Å². The highest BCUT2D eigenvalue weighted by Gasteiger charge is 2.29. The maximum Gasteiger partial charge on any atom is 0.286 e. The number of anilines is 1. The predicted octanol–water partition coefficient (Wildman–Crippen LogP) is 2.34. The monoisotopic (exact) mass is 452 g/mol. The van der Waals surface area contributed by atoms with E-state index in [-0.39, 0.29) is 18.1 Å². The SMILES string of the molecule is CCCC(NC(=O)Cn1c(-c2ccccc2)ncc(N)c1=O)C(=O)c1nnc(C(C)(C)C)o1. The number of nitrogens with zero attached hydrogens (tertiary/aromatic N) is 4. The van der Waals surface area contributed by atoms with E-state index in [1.165, 1.54) is 10.8 Å². The Balaban J connectivity index is 1.84.